The number of methoxy groups -OCH3 is 1. The summed E-state index contributed by atoms with van der Waals surface area (Å²) in [6, 6.07) is 13.1. The molecule has 0 spiro atoms. The first-order chi connectivity index (χ1) is 12.5. The number of carboxylic acids is 1. The van der Waals surface area contributed by atoms with E-state index in [9.17, 15) is 9.59 Å². The predicted molar refractivity (Wildman–Crippen MR) is 97.7 cm³/mol. The van der Waals surface area contributed by atoms with Gasteiger partial charge < -0.3 is 14.6 Å². The zero-order chi connectivity index (χ0) is 18.9. The molecule has 0 aromatic heterocycles. The van der Waals surface area contributed by atoms with Crippen LogP contribution < -0.4 is 14.8 Å². The fraction of sp³-hybridized carbons (Fsp3) is 0.300. The van der Waals surface area contributed by atoms with Crippen LogP contribution in [0.25, 0.3) is 0 Å². The second kappa shape index (κ2) is 9.58. The fourth-order valence-corrected chi connectivity index (χ4v) is 2.36. The van der Waals surface area contributed by atoms with Gasteiger partial charge in [-0.25, -0.2) is 0 Å². The van der Waals surface area contributed by atoms with Crippen molar-refractivity contribution >= 4 is 11.8 Å². The first-order valence-electron chi connectivity index (χ1n) is 8.31. The number of ketones is 1. The summed E-state index contributed by atoms with van der Waals surface area (Å²) >= 11 is 0. The van der Waals surface area contributed by atoms with Gasteiger partial charge in [0.05, 0.1) is 13.5 Å². The van der Waals surface area contributed by atoms with Crippen LogP contribution in [-0.4, -0.2) is 30.7 Å². The van der Waals surface area contributed by atoms with Crippen LogP contribution in [0.4, 0.5) is 0 Å². The smallest absolute Gasteiger partial charge is 0.303 e. The molecule has 0 aliphatic carbocycles. The van der Waals surface area contributed by atoms with Crippen LogP contribution in [0.1, 0.15) is 34.3 Å². The third-order valence-electron chi connectivity index (χ3n) is 3.83. The number of nitrogens with one attached hydrogen (secondary N) is 1. The molecule has 6 heteroatoms. The number of carbonyl (C=O) groups excluding carboxylic acids is 1. The number of carboxylic acid groups (broad SMARTS) is 1. The Morgan fingerprint density at radius 3 is 2.42 bits per heavy atom. The molecule has 0 atom stereocenters. The number of hydrogen-bond acceptors (Lipinski definition) is 5. The predicted octanol–water partition coefficient (Wildman–Crippen LogP) is 3.18. The highest BCUT2D eigenvalue weighted by Crippen LogP contribution is 2.28. The Kier molecular flexibility index (Phi) is 7.17. The zero-order valence-electron chi connectivity index (χ0n) is 15.0. The van der Waals surface area contributed by atoms with Gasteiger partial charge in [-0.15, -0.1) is 0 Å². The van der Waals surface area contributed by atoms with Crippen molar-refractivity contribution in [1.29, 1.82) is 0 Å². The Bertz CT molecular complexity index is 755. The third-order valence-corrected chi connectivity index (χ3v) is 3.83. The Morgan fingerprint density at radius 2 is 1.77 bits per heavy atom. The summed E-state index contributed by atoms with van der Waals surface area (Å²) in [4.78, 5) is 22.6. The minimum absolute atomic E-state index is 0.0448. The second-order valence-electron chi connectivity index (χ2n) is 5.88. The van der Waals surface area contributed by atoms with Crippen LogP contribution >= 0.6 is 0 Å². The van der Waals surface area contributed by atoms with Crippen molar-refractivity contribution in [2.24, 2.45) is 0 Å². The van der Waals surface area contributed by atoms with Gasteiger partial charge >= 0.3 is 5.97 Å². The van der Waals surface area contributed by atoms with Crippen molar-refractivity contribution in [3.63, 3.8) is 0 Å². The van der Waals surface area contributed by atoms with Gasteiger partial charge in [0, 0.05) is 18.5 Å². The second-order valence-corrected chi connectivity index (χ2v) is 5.88. The molecule has 0 amide bonds. The lowest BCUT2D eigenvalue weighted by Gasteiger charge is -2.12. The van der Waals surface area contributed by atoms with Gasteiger partial charge in [0.1, 0.15) is 6.73 Å². The van der Waals surface area contributed by atoms with Crippen LogP contribution in [0.3, 0.4) is 0 Å². The number of aryl methyl sites for hydroxylation is 1. The van der Waals surface area contributed by atoms with Crippen molar-refractivity contribution in [2.45, 2.75) is 26.3 Å². The van der Waals surface area contributed by atoms with Gasteiger partial charge in [0.15, 0.2) is 17.3 Å². The highest BCUT2D eigenvalue weighted by atomic mass is 16.5. The summed E-state index contributed by atoms with van der Waals surface area (Å²) in [5, 5.41) is 11.8. The van der Waals surface area contributed by atoms with Crippen molar-refractivity contribution < 1.29 is 24.2 Å². The van der Waals surface area contributed by atoms with Gasteiger partial charge in [-0.2, -0.15) is 0 Å². The molecule has 138 valence electrons. The summed E-state index contributed by atoms with van der Waals surface area (Å²) in [5.74, 6) is -0.290. The monoisotopic (exact) mass is 357 g/mol. The molecule has 2 aromatic carbocycles. The Labute approximate surface area is 152 Å². The molecule has 0 heterocycles. The lowest BCUT2D eigenvalue weighted by molar-refractivity contribution is -0.136. The van der Waals surface area contributed by atoms with Crippen LogP contribution in [0.5, 0.6) is 11.5 Å². The normalized spacial score (nSPS) is 10.4. The molecule has 2 rings (SSSR count). The van der Waals surface area contributed by atoms with Gasteiger partial charge in [0.25, 0.3) is 0 Å². The topological polar surface area (TPSA) is 84.9 Å². The Balaban J connectivity index is 1.89. The molecule has 2 aromatic rings. The molecule has 0 saturated carbocycles. The first kappa shape index (κ1) is 19.5. The summed E-state index contributed by atoms with van der Waals surface area (Å²) in [6.45, 7) is 3.01. The van der Waals surface area contributed by atoms with Crippen LogP contribution in [0.15, 0.2) is 42.5 Å². The highest BCUT2D eigenvalue weighted by molar-refractivity contribution is 5.98. The summed E-state index contributed by atoms with van der Waals surface area (Å²) in [5.41, 5.74) is 2.78. The van der Waals surface area contributed by atoms with E-state index in [1.807, 2.05) is 6.92 Å². The van der Waals surface area contributed by atoms with Gasteiger partial charge in [-0.1, -0.05) is 29.8 Å². The van der Waals surface area contributed by atoms with Crippen LogP contribution in [0.2, 0.25) is 0 Å². The standard InChI is InChI=1S/C20H23NO5/c1-14-3-5-15(6-4-14)12-21-13-26-18-9-7-16(11-19(18)25-2)17(22)8-10-20(23)24/h3-7,9,11,21H,8,10,12-13H2,1-2H3,(H,23,24). The van der Waals surface area contributed by atoms with Crippen molar-refractivity contribution in [2.75, 3.05) is 13.8 Å². The summed E-state index contributed by atoms with van der Waals surface area (Å²) in [6.07, 6.45) is -0.237. The number of rotatable bonds is 10. The maximum absolute atomic E-state index is 12.0. The zero-order valence-corrected chi connectivity index (χ0v) is 15.0. The molecule has 0 aliphatic heterocycles. The average Bonchev–Trinajstić information content (AvgIpc) is 2.64. The molecular weight excluding hydrogens is 334 g/mol. The first-order valence-corrected chi connectivity index (χ1v) is 8.31. The van der Waals surface area contributed by atoms with E-state index in [2.05, 4.69) is 29.6 Å². The molecule has 0 radical (unpaired) electrons. The minimum Gasteiger partial charge on any atom is -0.493 e. The molecule has 6 nitrogen and oxygen atoms in total. The number of hydrogen-bond donors (Lipinski definition) is 2. The molecule has 0 unspecified atom stereocenters. The van der Waals surface area contributed by atoms with E-state index in [0.29, 0.717) is 23.6 Å². The fourth-order valence-electron chi connectivity index (χ4n) is 2.36. The van der Waals surface area contributed by atoms with E-state index in [0.717, 1.165) is 5.56 Å². The van der Waals surface area contributed by atoms with E-state index >= 15 is 0 Å². The highest BCUT2D eigenvalue weighted by Gasteiger charge is 2.12. The quantitative estimate of drug-likeness (QED) is 0.386. The number of ether oxygens (including phenoxy) is 2. The number of benzene rings is 2. The van der Waals surface area contributed by atoms with Crippen LogP contribution in [-0.2, 0) is 11.3 Å². The number of carbonyl (C=O) groups is 2. The summed E-state index contributed by atoms with van der Waals surface area (Å²) in [7, 11) is 1.49. The molecule has 26 heavy (non-hydrogen) atoms. The SMILES string of the molecule is COc1cc(C(=O)CCC(=O)O)ccc1OCNCc1ccc(C)cc1. The Hall–Kier alpha value is -2.86. The van der Waals surface area contributed by atoms with E-state index in [1.165, 1.54) is 12.7 Å². The molecule has 2 N–H and O–H groups in total. The van der Waals surface area contributed by atoms with E-state index in [1.54, 1.807) is 18.2 Å². The van der Waals surface area contributed by atoms with Crippen molar-refractivity contribution in [3.8, 4) is 11.5 Å². The van der Waals surface area contributed by atoms with E-state index in [4.69, 9.17) is 14.6 Å². The number of aliphatic carboxylic acids is 1. The lowest BCUT2D eigenvalue weighted by Crippen LogP contribution is -2.19. The summed E-state index contributed by atoms with van der Waals surface area (Å²) < 4.78 is 10.9. The number of Topliss-reactive ketones (excluding diaryl/α,β-unsaturated/α-hetero) is 1. The van der Waals surface area contributed by atoms with Gasteiger partial charge in [0.2, 0.25) is 0 Å². The van der Waals surface area contributed by atoms with Gasteiger partial charge in [-0.05, 0) is 30.7 Å². The van der Waals surface area contributed by atoms with E-state index < -0.39 is 5.97 Å². The van der Waals surface area contributed by atoms with E-state index in [-0.39, 0.29) is 25.4 Å². The van der Waals surface area contributed by atoms with Crippen LogP contribution in [0, 0.1) is 6.92 Å². The lowest BCUT2D eigenvalue weighted by atomic mass is 10.1. The molecule has 0 fully saturated rings. The van der Waals surface area contributed by atoms with Gasteiger partial charge in [-0.3, -0.25) is 14.9 Å². The maximum atomic E-state index is 12.0. The average molecular weight is 357 g/mol. The maximum Gasteiger partial charge on any atom is 0.303 e. The largest absolute Gasteiger partial charge is 0.493 e. The Morgan fingerprint density at radius 1 is 1.04 bits per heavy atom. The molecule has 0 aliphatic rings. The molecule has 0 bridgehead atoms. The molecule has 0 saturated heterocycles. The van der Waals surface area contributed by atoms with Crippen molar-refractivity contribution in [3.05, 3.63) is 59.2 Å². The third kappa shape index (κ3) is 5.89. The van der Waals surface area contributed by atoms with Crippen molar-refractivity contribution in [1.82, 2.24) is 5.32 Å². The minimum atomic E-state index is -0.995. The molecular formula is C20H23NO5.